The highest BCUT2D eigenvalue weighted by atomic mass is 16.5. The Kier molecular flexibility index (Phi) is 5.01. The molecule has 0 aliphatic heterocycles. The zero-order valence-electron chi connectivity index (χ0n) is 23.5. The van der Waals surface area contributed by atoms with E-state index >= 15 is 0 Å². The Morgan fingerprint density at radius 3 is 2.39 bits per heavy atom. The Morgan fingerprint density at radius 2 is 1.51 bits per heavy atom. The van der Waals surface area contributed by atoms with Crippen molar-refractivity contribution in [1.29, 1.82) is 0 Å². The third kappa shape index (κ3) is 3.35. The first-order valence-corrected chi connectivity index (χ1v) is 13.9. The maximum absolute atomic E-state index is 6.71. The van der Waals surface area contributed by atoms with E-state index in [2.05, 4.69) is 127 Å². The van der Waals surface area contributed by atoms with E-state index in [9.17, 15) is 0 Å². The number of pyridine rings is 2. The maximum Gasteiger partial charge on any atom is 0.373 e. The van der Waals surface area contributed by atoms with Crippen LogP contribution in [0.3, 0.4) is 0 Å². The van der Waals surface area contributed by atoms with Gasteiger partial charge in [-0.15, -0.1) is 0 Å². The maximum atomic E-state index is 6.71. The van der Waals surface area contributed by atoms with Crippen molar-refractivity contribution in [1.82, 2.24) is 4.40 Å². The van der Waals surface area contributed by atoms with Crippen LogP contribution in [0.15, 0.2) is 108 Å². The number of furan rings is 1. The van der Waals surface area contributed by atoms with Crippen molar-refractivity contribution in [2.75, 3.05) is 0 Å². The zero-order valence-corrected chi connectivity index (χ0v) is 23.5. The van der Waals surface area contributed by atoms with Gasteiger partial charge < -0.3 is 9.15 Å². The van der Waals surface area contributed by atoms with Gasteiger partial charge in [-0.25, -0.2) is 4.57 Å². The molecular formula is C36H29N3O2+2. The van der Waals surface area contributed by atoms with Crippen LogP contribution < -0.4 is 13.9 Å². The minimum atomic E-state index is 0.758. The molecule has 41 heavy (non-hydrogen) atoms. The summed E-state index contributed by atoms with van der Waals surface area (Å²) < 4.78 is 19.7. The molecule has 0 aliphatic rings. The van der Waals surface area contributed by atoms with Gasteiger partial charge in [0, 0.05) is 33.2 Å². The van der Waals surface area contributed by atoms with Crippen molar-refractivity contribution in [3.8, 4) is 22.9 Å². The molecule has 0 amide bonds. The molecule has 0 radical (unpaired) electrons. The molecule has 8 rings (SSSR count). The molecular weight excluding hydrogens is 506 g/mol. The second kappa shape index (κ2) is 8.67. The zero-order chi connectivity index (χ0) is 27.8. The van der Waals surface area contributed by atoms with Crippen LogP contribution in [0.4, 0.5) is 0 Å². The summed E-state index contributed by atoms with van der Waals surface area (Å²) >= 11 is 0. The number of hydrogen-bond donors (Lipinski definition) is 0. The second-order valence-corrected chi connectivity index (χ2v) is 10.9. The van der Waals surface area contributed by atoms with E-state index in [0.29, 0.717) is 0 Å². The highest BCUT2D eigenvalue weighted by Crippen LogP contribution is 2.39. The molecule has 0 unspecified atom stereocenters. The highest BCUT2D eigenvalue weighted by molar-refractivity contribution is 6.13. The third-order valence-corrected chi connectivity index (χ3v) is 8.51. The molecule has 0 saturated carbocycles. The number of imidazole rings is 1. The highest BCUT2D eigenvalue weighted by Gasteiger charge is 2.25. The Morgan fingerprint density at radius 1 is 0.732 bits per heavy atom. The van der Waals surface area contributed by atoms with Gasteiger partial charge in [0.1, 0.15) is 41.9 Å². The molecule has 4 aromatic carbocycles. The van der Waals surface area contributed by atoms with Gasteiger partial charge >= 0.3 is 5.88 Å². The number of aryl methyl sites for hydroxylation is 3. The lowest BCUT2D eigenvalue weighted by atomic mass is 10.0. The van der Waals surface area contributed by atoms with Crippen molar-refractivity contribution in [2.24, 2.45) is 14.1 Å². The quantitative estimate of drug-likeness (QED) is 0.170. The Bertz CT molecular complexity index is 2340. The number of benzene rings is 4. The predicted octanol–water partition coefficient (Wildman–Crippen LogP) is 7.87. The number of ether oxygens (including phenoxy) is 1. The topological polar surface area (TPSA) is 34.5 Å². The molecule has 4 aromatic heterocycles. The van der Waals surface area contributed by atoms with Crippen LogP contribution in [0.5, 0.6) is 11.6 Å². The molecule has 0 bridgehead atoms. The number of rotatable bonds is 3. The lowest BCUT2D eigenvalue weighted by Gasteiger charge is -2.12. The van der Waals surface area contributed by atoms with Crippen molar-refractivity contribution in [2.45, 2.75) is 13.8 Å². The lowest BCUT2D eigenvalue weighted by Crippen LogP contribution is -2.33. The third-order valence-electron chi connectivity index (χ3n) is 8.51. The molecule has 0 spiro atoms. The first-order valence-electron chi connectivity index (χ1n) is 13.9. The fraction of sp³-hybridized carbons (Fsp3) is 0.111. The van der Waals surface area contributed by atoms with Gasteiger partial charge in [0.05, 0.1) is 24.1 Å². The monoisotopic (exact) mass is 535 g/mol. The molecule has 0 fully saturated rings. The minimum Gasteiger partial charge on any atom is -0.455 e. The summed E-state index contributed by atoms with van der Waals surface area (Å²) in [5.41, 5.74) is 8.51. The van der Waals surface area contributed by atoms with Gasteiger partial charge in [-0.05, 0) is 49.7 Å². The summed E-state index contributed by atoms with van der Waals surface area (Å²) in [4.78, 5) is 0. The van der Waals surface area contributed by atoms with Gasteiger partial charge in [0.2, 0.25) is 5.69 Å². The van der Waals surface area contributed by atoms with E-state index in [0.717, 1.165) is 61.6 Å². The van der Waals surface area contributed by atoms with Crippen LogP contribution in [0, 0.1) is 13.8 Å². The normalized spacial score (nSPS) is 11.9. The van der Waals surface area contributed by atoms with Crippen LogP contribution in [0.1, 0.15) is 11.1 Å². The molecule has 5 heteroatoms. The summed E-state index contributed by atoms with van der Waals surface area (Å²) in [6.07, 6.45) is 4.24. The Balaban J connectivity index is 1.31. The molecule has 4 heterocycles. The molecule has 198 valence electrons. The van der Waals surface area contributed by atoms with Crippen molar-refractivity contribution in [3.63, 3.8) is 0 Å². The number of fused-ring (bicyclic) bond motifs is 9. The lowest BCUT2D eigenvalue weighted by molar-refractivity contribution is -0.665. The van der Waals surface area contributed by atoms with E-state index in [1.165, 1.54) is 21.7 Å². The van der Waals surface area contributed by atoms with Crippen LogP contribution in [-0.4, -0.2) is 4.40 Å². The van der Waals surface area contributed by atoms with Gasteiger partial charge in [0.15, 0.2) is 0 Å². The second-order valence-electron chi connectivity index (χ2n) is 10.9. The molecule has 0 aliphatic carbocycles. The summed E-state index contributed by atoms with van der Waals surface area (Å²) in [7, 11) is 4.15. The van der Waals surface area contributed by atoms with E-state index in [-0.39, 0.29) is 0 Å². The molecule has 0 N–H and O–H groups in total. The predicted molar refractivity (Wildman–Crippen MR) is 163 cm³/mol. The van der Waals surface area contributed by atoms with Crippen LogP contribution in [0.25, 0.3) is 60.5 Å². The fourth-order valence-corrected chi connectivity index (χ4v) is 6.43. The van der Waals surface area contributed by atoms with E-state index in [4.69, 9.17) is 9.15 Å². The van der Waals surface area contributed by atoms with Gasteiger partial charge in [-0.1, -0.05) is 48.5 Å². The van der Waals surface area contributed by atoms with E-state index in [1.54, 1.807) is 0 Å². The Hall–Kier alpha value is -5.16. The van der Waals surface area contributed by atoms with Gasteiger partial charge in [-0.3, -0.25) is 0 Å². The fourth-order valence-electron chi connectivity index (χ4n) is 6.43. The van der Waals surface area contributed by atoms with Crippen LogP contribution >= 0.6 is 0 Å². The van der Waals surface area contributed by atoms with E-state index < -0.39 is 0 Å². The SMILES string of the molecule is Cc1ccc2c(oc3ccccc32)c1-c1cccc(Oc2ccc3c4ccccc4n4cc[n+](C)c4c3c2C)[n+]1C. The first kappa shape index (κ1) is 23.7. The van der Waals surface area contributed by atoms with Gasteiger partial charge in [0.25, 0.3) is 5.65 Å². The first-order chi connectivity index (χ1) is 20.0. The molecule has 5 nitrogen and oxygen atoms in total. The van der Waals surface area contributed by atoms with Crippen LogP contribution in [0.2, 0.25) is 0 Å². The van der Waals surface area contributed by atoms with Crippen LogP contribution in [-0.2, 0) is 14.1 Å². The molecule has 8 aromatic rings. The molecule has 0 atom stereocenters. The van der Waals surface area contributed by atoms with Gasteiger partial charge in [-0.2, -0.15) is 8.97 Å². The van der Waals surface area contributed by atoms with Crippen molar-refractivity contribution < 1.29 is 18.3 Å². The van der Waals surface area contributed by atoms with Crippen molar-refractivity contribution >= 4 is 49.3 Å². The average Bonchev–Trinajstić information content (AvgIpc) is 3.56. The summed E-state index contributed by atoms with van der Waals surface area (Å²) in [6, 6.07) is 31.6. The number of para-hydroxylation sites is 2. The minimum absolute atomic E-state index is 0.758. The number of aromatic nitrogens is 3. The molecule has 0 saturated heterocycles. The smallest absolute Gasteiger partial charge is 0.373 e. The standard InChI is InChI=1S/C36H29N3O2/c1-22-16-17-27-25-11-6-8-14-31(25)41-35(27)33(22)29-13-9-15-32(38(29)4)40-30-19-18-26-24-10-5-7-12-28(24)39-21-20-37(3)36(39)34(26)23(30)2/h5-21H,1-4H3/q+2. The largest absolute Gasteiger partial charge is 0.455 e. The average molecular weight is 536 g/mol. The van der Waals surface area contributed by atoms with E-state index in [1.807, 2.05) is 18.2 Å². The Labute approximate surface area is 237 Å². The summed E-state index contributed by atoms with van der Waals surface area (Å²) in [6.45, 7) is 4.29. The summed E-state index contributed by atoms with van der Waals surface area (Å²) in [5, 5.41) is 5.88. The number of nitrogens with zero attached hydrogens (tertiary/aromatic N) is 3. The summed E-state index contributed by atoms with van der Waals surface area (Å²) in [5.74, 6) is 1.59. The van der Waals surface area contributed by atoms with Crippen molar-refractivity contribution in [3.05, 3.63) is 115 Å². The number of hydrogen-bond acceptors (Lipinski definition) is 2.